The third-order valence-corrected chi connectivity index (χ3v) is 2.23. The molecule has 1 amide bonds. The van der Waals surface area contributed by atoms with E-state index in [4.69, 9.17) is 4.74 Å². The quantitative estimate of drug-likeness (QED) is 0.621. The molecule has 0 spiro atoms. The van der Waals surface area contributed by atoms with Crippen molar-refractivity contribution >= 4 is 11.9 Å². The second-order valence-electron chi connectivity index (χ2n) is 3.10. The Labute approximate surface area is 80.9 Å². The molecule has 4 nitrogen and oxygen atoms in total. The van der Waals surface area contributed by atoms with Gasteiger partial charge in [0.05, 0.1) is 18.2 Å². The van der Waals surface area contributed by atoms with E-state index in [2.05, 4.69) is 0 Å². The van der Waals surface area contributed by atoms with Crippen LogP contribution in [0.15, 0.2) is 18.2 Å². The summed E-state index contributed by atoms with van der Waals surface area (Å²) in [7, 11) is 1.69. The molecule has 0 radical (unpaired) electrons. The highest BCUT2D eigenvalue weighted by atomic mass is 16.5. The Bertz CT molecular complexity index is 412. The molecule has 1 aliphatic heterocycles. The fourth-order valence-corrected chi connectivity index (χ4v) is 1.45. The molecule has 1 heterocycles. The van der Waals surface area contributed by atoms with Crippen molar-refractivity contribution in [1.82, 2.24) is 0 Å². The van der Waals surface area contributed by atoms with E-state index >= 15 is 0 Å². The van der Waals surface area contributed by atoms with Crippen molar-refractivity contribution in [3.05, 3.63) is 34.9 Å². The number of primary amides is 1. The zero-order chi connectivity index (χ0) is 10.1. The van der Waals surface area contributed by atoms with Crippen molar-refractivity contribution in [1.29, 1.82) is 0 Å². The molecule has 1 aliphatic rings. The molecule has 0 bridgehead atoms. The standard InChI is InChI=1S/C10H9NO3/c1-11-9(12)6-2-3-8-7(4-6)5-14-10(8)13/h2-4H,5H2,1H3,(H,11,12)/p+1. The van der Waals surface area contributed by atoms with Crippen LogP contribution in [0.3, 0.4) is 0 Å². The van der Waals surface area contributed by atoms with Crippen LogP contribution < -0.4 is 5.32 Å². The van der Waals surface area contributed by atoms with Crippen molar-refractivity contribution < 1.29 is 19.6 Å². The molecule has 2 N–H and O–H groups in total. The average Bonchev–Trinajstić information content (AvgIpc) is 2.59. The molecule has 72 valence electrons. The highest BCUT2D eigenvalue weighted by molar-refractivity contribution is 5.95. The number of esters is 1. The van der Waals surface area contributed by atoms with E-state index in [-0.39, 0.29) is 18.5 Å². The van der Waals surface area contributed by atoms with Gasteiger partial charge < -0.3 is 4.74 Å². The van der Waals surface area contributed by atoms with Gasteiger partial charge in [0.1, 0.15) is 6.61 Å². The van der Waals surface area contributed by atoms with E-state index < -0.39 is 0 Å². The number of carbonyl (C=O) groups excluding carboxylic acids is 2. The predicted octanol–water partition coefficient (Wildman–Crippen LogP) is -0.310. The number of nitrogens with two attached hydrogens (primary N) is 1. The van der Waals surface area contributed by atoms with E-state index in [1.54, 1.807) is 25.2 Å². The Morgan fingerprint density at radius 3 is 3.00 bits per heavy atom. The van der Waals surface area contributed by atoms with Crippen molar-refractivity contribution in [3.63, 3.8) is 0 Å². The molecule has 0 aromatic heterocycles. The van der Waals surface area contributed by atoms with Gasteiger partial charge in [0, 0.05) is 5.56 Å². The smallest absolute Gasteiger partial charge is 0.342 e. The first-order valence-corrected chi connectivity index (χ1v) is 4.36. The van der Waals surface area contributed by atoms with Crippen LogP contribution in [-0.4, -0.2) is 18.9 Å². The van der Waals surface area contributed by atoms with Crippen molar-refractivity contribution in [3.8, 4) is 0 Å². The fourth-order valence-electron chi connectivity index (χ4n) is 1.45. The number of hydrogen-bond donors (Lipinski definition) is 1. The minimum atomic E-state index is -0.306. The van der Waals surface area contributed by atoms with E-state index in [9.17, 15) is 9.59 Å². The Morgan fingerprint density at radius 1 is 1.50 bits per heavy atom. The van der Waals surface area contributed by atoms with Crippen molar-refractivity contribution in [2.45, 2.75) is 6.61 Å². The number of rotatable bonds is 1. The summed E-state index contributed by atoms with van der Waals surface area (Å²) in [6, 6.07) is 5.00. The van der Waals surface area contributed by atoms with Crippen LogP contribution in [0.1, 0.15) is 26.3 Å². The lowest BCUT2D eigenvalue weighted by molar-refractivity contribution is -0.523. The van der Waals surface area contributed by atoms with Gasteiger partial charge in [0.15, 0.2) is 0 Å². The molecule has 0 unspecified atom stereocenters. The third-order valence-electron chi connectivity index (χ3n) is 2.23. The van der Waals surface area contributed by atoms with Crippen LogP contribution in [-0.2, 0) is 11.3 Å². The van der Waals surface area contributed by atoms with E-state index in [0.29, 0.717) is 11.1 Å². The first kappa shape index (κ1) is 8.90. The molecule has 4 heteroatoms. The number of amides is 1. The molecule has 14 heavy (non-hydrogen) atoms. The number of ether oxygens (including phenoxy) is 1. The van der Waals surface area contributed by atoms with E-state index in [1.807, 2.05) is 0 Å². The Morgan fingerprint density at radius 2 is 2.29 bits per heavy atom. The van der Waals surface area contributed by atoms with Gasteiger partial charge in [-0.2, -0.15) is 0 Å². The lowest BCUT2D eigenvalue weighted by Crippen LogP contribution is -2.83. The van der Waals surface area contributed by atoms with E-state index in [0.717, 1.165) is 5.56 Å². The Kier molecular flexibility index (Phi) is 2.05. The Hall–Kier alpha value is -1.68. The summed E-state index contributed by atoms with van der Waals surface area (Å²) in [5.41, 5.74) is 1.96. The van der Waals surface area contributed by atoms with Gasteiger partial charge in [-0.05, 0) is 18.2 Å². The molecular formula is C10H10NO3+. The minimum absolute atomic E-state index is 0.0350. The minimum Gasteiger partial charge on any atom is -0.457 e. The highest BCUT2D eigenvalue weighted by Gasteiger charge is 2.22. The zero-order valence-electron chi connectivity index (χ0n) is 7.74. The summed E-state index contributed by atoms with van der Waals surface area (Å²) in [5.74, 6) is -0.341. The summed E-state index contributed by atoms with van der Waals surface area (Å²) in [5, 5.41) is 1.50. The molecule has 2 rings (SSSR count). The third kappa shape index (κ3) is 1.29. The first-order valence-electron chi connectivity index (χ1n) is 4.36. The largest absolute Gasteiger partial charge is 0.457 e. The van der Waals surface area contributed by atoms with Crippen LogP contribution in [0.25, 0.3) is 0 Å². The number of cyclic esters (lactones) is 1. The first-order chi connectivity index (χ1) is 6.72. The maximum atomic E-state index is 11.3. The summed E-state index contributed by atoms with van der Waals surface area (Å²) in [4.78, 5) is 22.4. The summed E-state index contributed by atoms with van der Waals surface area (Å²) >= 11 is 0. The highest BCUT2D eigenvalue weighted by Crippen LogP contribution is 2.20. The summed E-state index contributed by atoms with van der Waals surface area (Å²) < 4.78 is 4.83. The second kappa shape index (κ2) is 3.23. The van der Waals surface area contributed by atoms with Crippen LogP contribution in [0, 0.1) is 0 Å². The maximum Gasteiger partial charge on any atom is 0.342 e. The van der Waals surface area contributed by atoms with E-state index in [1.165, 1.54) is 5.32 Å². The molecule has 1 aromatic carbocycles. The van der Waals surface area contributed by atoms with Crippen LogP contribution in [0.4, 0.5) is 0 Å². The summed E-state index contributed by atoms with van der Waals surface area (Å²) in [6.45, 7) is 0.277. The van der Waals surface area contributed by atoms with Gasteiger partial charge in [-0.15, -0.1) is 0 Å². The molecule has 0 aliphatic carbocycles. The molecule has 0 saturated carbocycles. The number of hydrogen-bond acceptors (Lipinski definition) is 3. The number of benzene rings is 1. The topological polar surface area (TPSA) is 60.0 Å². The van der Waals surface area contributed by atoms with Gasteiger partial charge in [-0.3, -0.25) is 5.32 Å². The molecule has 1 aromatic rings. The van der Waals surface area contributed by atoms with Crippen LogP contribution in [0.5, 0.6) is 0 Å². The van der Waals surface area contributed by atoms with Gasteiger partial charge in [0.25, 0.3) is 0 Å². The Balaban J connectivity index is 2.42. The average molecular weight is 192 g/mol. The van der Waals surface area contributed by atoms with Crippen LogP contribution >= 0.6 is 0 Å². The van der Waals surface area contributed by atoms with Gasteiger partial charge in [0.2, 0.25) is 0 Å². The van der Waals surface area contributed by atoms with Gasteiger partial charge in [-0.1, -0.05) is 0 Å². The molecule has 0 saturated heterocycles. The maximum absolute atomic E-state index is 11.3. The van der Waals surface area contributed by atoms with Crippen molar-refractivity contribution in [2.75, 3.05) is 7.05 Å². The number of quaternary nitrogens is 1. The normalized spacial score (nSPS) is 13.6. The number of fused-ring (bicyclic) bond motifs is 1. The fraction of sp³-hybridized carbons (Fsp3) is 0.200. The molecular weight excluding hydrogens is 182 g/mol. The summed E-state index contributed by atoms with van der Waals surface area (Å²) in [6.07, 6.45) is 0. The number of carbonyl (C=O) groups is 2. The predicted molar refractivity (Wildman–Crippen MR) is 47.7 cm³/mol. The van der Waals surface area contributed by atoms with Gasteiger partial charge in [-0.25, -0.2) is 9.59 Å². The monoisotopic (exact) mass is 192 g/mol. The molecule has 0 fully saturated rings. The lowest BCUT2D eigenvalue weighted by atomic mass is 10.1. The zero-order valence-corrected chi connectivity index (χ0v) is 7.74. The lowest BCUT2D eigenvalue weighted by Gasteiger charge is -1.97. The molecule has 0 atom stereocenters. The van der Waals surface area contributed by atoms with Crippen LogP contribution in [0.2, 0.25) is 0 Å². The SMILES string of the molecule is C[NH2+]C(=O)c1ccc2c(c1)COC2=O. The van der Waals surface area contributed by atoms with Crippen molar-refractivity contribution in [2.24, 2.45) is 0 Å². The second-order valence-corrected chi connectivity index (χ2v) is 3.10. The van der Waals surface area contributed by atoms with Gasteiger partial charge >= 0.3 is 11.9 Å².